The molecule has 12 nitrogen and oxygen atoms in total. The minimum atomic E-state index is -4.01. The summed E-state index contributed by atoms with van der Waals surface area (Å²) in [5.41, 5.74) is 3.07. The minimum absolute atomic E-state index is 0.00744. The summed E-state index contributed by atoms with van der Waals surface area (Å²) < 4.78 is 47.1. The third-order valence-corrected chi connectivity index (χ3v) is 10.2. The van der Waals surface area contributed by atoms with Gasteiger partial charge in [-0.2, -0.15) is 17.0 Å². The zero-order valence-electron chi connectivity index (χ0n) is 24.0. The first kappa shape index (κ1) is 31.1. The fourth-order valence-electron chi connectivity index (χ4n) is 5.15. The number of hydrogen-bond donors (Lipinski definition) is 2. The van der Waals surface area contributed by atoms with Crippen molar-refractivity contribution in [3.8, 4) is 0 Å². The van der Waals surface area contributed by atoms with E-state index in [4.69, 9.17) is 19.8 Å². The third kappa shape index (κ3) is 6.15. The third-order valence-electron chi connectivity index (χ3n) is 8.14. The Bertz CT molecular complexity index is 995. The quantitative estimate of drug-likeness (QED) is 0.402. The Morgan fingerprint density at radius 1 is 1.13 bits per heavy atom. The molecule has 0 aromatic rings. The predicted octanol–water partition coefficient (Wildman–Crippen LogP) is 1.76. The Hall–Kier alpha value is -1.45. The number of likely N-dealkylation sites (N-methyl/N-ethyl adjacent to an activating group) is 1. The van der Waals surface area contributed by atoms with Gasteiger partial charge in [0.05, 0.1) is 17.2 Å². The van der Waals surface area contributed by atoms with Crippen LogP contribution in [0.3, 0.4) is 0 Å². The number of ether oxygens (including phenoxy) is 1. The Morgan fingerprint density at radius 3 is 2.16 bits per heavy atom. The molecule has 3 saturated heterocycles. The first-order valence-electron chi connectivity index (χ1n) is 13.4. The second-order valence-electron chi connectivity index (χ2n) is 12.7. The maximum absolute atomic E-state index is 13.6. The number of carboxylic acid groups (broad SMARTS) is 1. The molecule has 0 unspecified atom stereocenters. The van der Waals surface area contributed by atoms with Crippen LogP contribution in [0.15, 0.2) is 0 Å². The van der Waals surface area contributed by atoms with Gasteiger partial charge in [-0.3, -0.25) is 4.79 Å². The first-order chi connectivity index (χ1) is 17.2. The largest absolute Gasteiger partial charge is 0.480 e. The standard InChI is InChI=1S/C24H45BN4O8S/c1-9-29(18-14-27(15-18)20(32)35-21(2,3)4)38(33,34)28-13-17(24(26,16-28)19(30)31)11-10-12-25-36-22(5,6)23(7,8)37-25/h17-18H,9-16,26H2,1-8H3,(H,30,31)/t17-,24-/m0/s1. The van der Waals surface area contributed by atoms with Crippen LogP contribution in [0.1, 0.15) is 68.2 Å². The molecule has 14 heteroatoms. The van der Waals surface area contributed by atoms with E-state index in [1.54, 1.807) is 27.7 Å². The molecule has 0 aliphatic carbocycles. The molecule has 3 aliphatic rings. The first-order valence-corrected chi connectivity index (χ1v) is 14.8. The summed E-state index contributed by atoms with van der Waals surface area (Å²) >= 11 is 0. The van der Waals surface area contributed by atoms with E-state index in [0.717, 1.165) is 0 Å². The Kier molecular flexibility index (Phi) is 8.60. The molecule has 0 aromatic carbocycles. The molecule has 3 heterocycles. The zero-order chi connectivity index (χ0) is 28.9. The monoisotopic (exact) mass is 560 g/mol. The average molecular weight is 561 g/mol. The van der Waals surface area contributed by atoms with Crippen molar-refractivity contribution in [3.05, 3.63) is 0 Å². The number of rotatable bonds is 9. The minimum Gasteiger partial charge on any atom is -0.480 e. The molecule has 3 N–H and O–H groups in total. The molecule has 3 rings (SSSR count). The molecular formula is C24H45BN4O8S. The van der Waals surface area contributed by atoms with E-state index in [0.29, 0.717) is 19.2 Å². The topological polar surface area (TPSA) is 152 Å². The van der Waals surface area contributed by atoms with Gasteiger partial charge in [-0.1, -0.05) is 13.3 Å². The highest BCUT2D eigenvalue weighted by atomic mass is 32.2. The van der Waals surface area contributed by atoms with Crippen molar-refractivity contribution in [3.63, 3.8) is 0 Å². The molecule has 3 aliphatic heterocycles. The molecule has 3 fully saturated rings. The number of carbonyl (C=O) groups excluding carboxylic acids is 1. The Labute approximate surface area is 227 Å². The summed E-state index contributed by atoms with van der Waals surface area (Å²) in [6.07, 6.45) is 1.06. The van der Waals surface area contributed by atoms with Gasteiger partial charge in [-0.25, -0.2) is 4.79 Å². The van der Waals surface area contributed by atoms with Gasteiger partial charge in [0, 0.05) is 38.6 Å². The molecule has 0 aromatic heterocycles. The van der Waals surface area contributed by atoms with Gasteiger partial charge in [0.1, 0.15) is 11.1 Å². The van der Waals surface area contributed by atoms with E-state index in [1.165, 1.54) is 13.5 Å². The molecule has 0 radical (unpaired) electrons. The summed E-state index contributed by atoms with van der Waals surface area (Å²) in [4.78, 5) is 26.0. The van der Waals surface area contributed by atoms with Gasteiger partial charge in [0.15, 0.2) is 0 Å². The van der Waals surface area contributed by atoms with Gasteiger partial charge in [-0.05, 0) is 61.2 Å². The predicted molar refractivity (Wildman–Crippen MR) is 143 cm³/mol. The van der Waals surface area contributed by atoms with Crippen LogP contribution in [0, 0.1) is 5.92 Å². The summed E-state index contributed by atoms with van der Waals surface area (Å²) in [5.74, 6) is -1.80. The Morgan fingerprint density at radius 2 is 1.68 bits per heavy atom. The van der Waals surface area contributed by atoms with Crippen LogP contribution in [0.5, 0.6) is 0 Å². The lowest BCUT2D eigenvalue weighted by Gasteiger charge is -2.45. The number of likely N-dealkylation sites (tertiary alicyclic amines) is 1. The van der Waals surface area contributed by atoms with Crippen LogP contribution in [-0.4, -0.2) is 107 Å². The van der Waals surface area contributed by atoms with Crippen molar-refractivity contribution in [2.75, 3.05) is 32.7 Å². The SMILES string of the molecule is CCN(C1CN(C(=O)OC(C)(C)C)C1)S(=O)(=O)N1C[C@H](CCCB2OC(C)(C)C(C)(C)O2)[C@](N)(C(=O)O)C1. The van der Waals surface area contributed by atoms with Crippen molar-refractivity contribution in [2.24, 2.45) is 11.7 Å². The number of nitrogens with two attached hydrogens (primary N) is 1. The summed E-state index contributed by atoms with van der Waals surface area (Å²) in [6, 6.07) is -0.419. The smallest absolute Gasteiger partial charge is 0.457 e. The maximum Gasteiger partial charge on any atom is 0.457 e. The molecule has 0 spiro atoms. The fourth-order valence-corrected chi connectivity index (χ4v) is 7.02. The van der Waals surface area contributed by atoms with Crippen LogP contribution in [0.2, 0.25) is 6.32 Å². The lowest BCUT2D eigenvalue weighted by molar-refractivity contribution is -0.144. The summed E-state index contributed by atoms with van der Waals surface area (Å²) in [5, 5.41) is 9.96. The number of aliphatic carboxylic acids is 1. The second kappa shape index (κ2) is 10.5. The van der Waals surface area contributed by atoms with Gasteiger partial charge in [-0.15, -0.1) is 0 Å². The zero-order valence-corrected chi connectivity index (χ0v) is 24.8. The number of amides is 1. The van der Waals surface area contributed by atoms with Crippen molar-refractivity contribution in [1.29, 1.82) is 0 Å². The van der Waals surface area contributed by atoms with Crippen LogP contribution in [0.25, 0.3) is 0 Å². The average Bonchev–Trinajstić information content (AvgIpc) is 3.16. The molecular weight excluding hydrogens is 515 g/mol. The van der Waals surface area contributed by atoms with Crippen LogP contribution < -0.4 is 5.73 Å². The van der Waals surface area contributed by atoms with Crippen molar-refractivity contribution >= 4 is 29.4 Å². The number of carboxylic acids is 1. The van der Waals surface area contributed by atoms with Crippen molar-refractivity contribution < 1.29 is 37.2 Å². The van der Waals surface area contributed by atoms with Crippen LogP contribution in [-0.2, 0) is 29.0 Å². The lowest BCUT2D eigenvalue weighted by Crippen LogP contribution is -2.64. The van der Waals surface area contributed by atoms with Crippen LogP contribution in [0.4, 0.5) is 4.79 Å². The molecule has 0 bridgehead atoms. The van der Waals surface area contributed by atoms with Gasteiger partial charge >= 0.3 is 19.2 Å². The Balaban J connectivity index is 1.63. The molecule has 2 atom stereocenters. The molecule has 0 saturated carbocycles. The molecule has 218 valence electrons. The highest BCUT2D eigenvalue weighted by Gasteiger charge is 2.55. The van der Waals surface area contributed by atoms with Crippen molar-refractivity contribution in [1.82, 2.24) is 13.5 Å². The van der Waals surface area contributed by atoms with Crippen LogP contribution >= 0.6 is 0 Å². The van der Waals surface area contributed by atoms with E-state index in [2.05, 4.69) is 0 Å². The summed E-state index contributed by atoms with van der Waals surface area (Å²) in [6.45, 7) is 15.2. The van der Waals surface area contributed by atoms with Gasteiger partial charge < -0.3 is 29.8 Å². The highest BCUT2D eigenvalue weighted by Crippen LogP contribution is 2.39. The fraction of sp³-hybridized carbons (Fsp3) is 0.917. The van der Waals surface area contributed by atoms with E-state index >= 15 is 0 Å². The highest BCUT2D eigenvalue weighted by molar-refractivity contribution is 7.86. The maximum atomic E-state index is 13.6. The van der Waals surface area contributed by atoms with Gasteiger partial charge in [0.25, 0.3) is 10.2 Å². The number of hydrogen-bond acceptors (Lipinski definition) is 8. The molecule has 1 amide bonds. The molecule has 38 heavy (non-hydrogen) atoms. The number of carbonyl (C=O) groups is 2. The number of nitrogens with zero attached hydrogens (tertiary/aromatic N) is 3. The van der Waals surface area contributed by atoms with E-state index in [9.17, 15) is 23.1 Å². The van der Waals surface area contributed by atoms with Crippen molar-refractivity contribution in [2.45, 2.75) is 103 Å². The lowest BCUT2D eigenvalue weighted by atomic mass is 9.78. The normalized spacial score (nSPS) is 28.1. The van der Waals surface area contributed by atoms with Gasteiger partial charge in [0.2, 0.25) is 0 Å². The van der Waals surface area contributed by atoms with E-state index in [1.807, 2.05) is 27.7 Å². The van der Waals surface area contributed by atoms with E-state index in [-0.39, 0.29) is 32.7 Å². The second-order valence-corrected chi connectivity index (χ2v) is 14.6. The van der Waals surface area contributed by atoms with E-state index < -0.39 is 63.7 Å². The summed E-state index contributed by atoms with van der Waals surface area (Å²) in [7, 11) is -4.43.